The molecule has 13 heavy (non-hydrogen) atoms. The van der Waals surface area contributed by atoms with Crippen molar-refractivity contribution in [2.24, 2.45) is 0 Å². The third-order valence-corrected chi connectivity index (χ3v) is 3.03. The van der Waals surface area contributed by atoms with Gasteiger partial charge in [0.05, 0.1) is 0 Å². The van der Waals surface area contributed by atoms with Gasteiger partial charge in [0.25, 0.3) is 0 Å². The van der Waals surface area contributed by atoms with Crippen LogP contribution in [0.25, 0.3) is 0 Å². The maximum atomic E-state index is 6.09. The molecule has 0 saturated carbocycles. The Morgan fingerprint density at radius 3 is 3.00 bits per heavy atom. The first-order chi connectivity index (χ1) is 6.07. The van der Waals surface area contributed by atoms with E-state index in [-0.39, 0.29) is 5.54 Å². The molecule has 1 unspecified atom stereocenters. The maximum absolute atomic E-state index is 6.09. The molecule has 0 saturated heterocycles. The van der Waals surface area contributed by atoms with Crippen molar-refractivity contribution in [3.8, 4) is 0 Å². The van der Waals surface area contributed by atoms with Crippen molar-refractivity contribution < 1.29 is 0 Å². The average molecular weight is 198 g/mol. The normalized spacial score (nSPS) is 31.2. The maximum Gasteiger partial charge on any atom is 0.0412 e. The van der Waals surface area contributed by atoms with E-state index in [1.165, 1.54) is 11.3 Å². The van der Waals surface area contributed by atoms with Crippen molar-refractivity contribution in [1.29, 1.82) is 0 Å². The minimum absolute atomic E-state index is 0.217. The van der Waals surface area contributed by atoms with E-state index in [4.69, 9.17) is 11.6 Å². The largest absolute Gasteiger partial charge is 0.380 e. The fourth-order valence-electron chi connectivity index (χ4n) is 1.93. The summed E-state index contributed by atoms with van der Waals surface area (Å²) < 4.78 is 0. The number of allylic oxidation sites excluding steroid dienone is 2. The molecule has 0 amide bonds. The van der Waals surface area contributed by atoms with Crippen LogP contribution in [0.15, 0.2) is 23.4 Å². The lowest BCUT2D eigenvalue weighted by Gasteiger charge is -2.36. The number of halogens is 1. The van der Waals surface area contributed by atoms with Crippen LogP contribution in [-0.4, -0.2) is 10.9 Å². The lowest BCUT2D eigenvalue weighted by molar-refractivity contribution is 0.415. The Morgan fingerprint density at radius 2 is 2.23 bits per heavy atom. The zero-order valence-electron chi connectivity index (χ0n) is 8.23. The molecule has 2 heteroatoms. The van der Waals surface area contributed by atoms with Gasteiger partial charge in [0, 0.05) is 16.6 Å². The van der Waals surface area contributed by atoms with E-state index in [1.807, 2.05) is 0 Å². The van der Waals surface area contributed by atoms with Crippen LogP contribution in [0.3, 0.4) is 0 Å². The average Bonchev–Trinajstić information content (AvgIpc) is 2.05. The molecule has 0 aromatic carbocycles. The highest BCUT2D eigenvalue weighted by Gasteiger charge is 2.26. The van der Waals surface area contributed by atoms with Crippen molar-refractivity contribution in [3.05, 3.63) is 23.4 Å². The molecule has 0 aromatic heterocycles. The number of hydrogen-bond donors (Lipinski definition) is 1. The van der Waals surface area contributed by atoms with E-state index < -0.39 is 0 Å². The molecule has 1 nitrogen and oxygen atoms in total. The van der Waals surface area contributed by atoms with Gasteiger partial charge in [-0.15, -0.1) is 11.6 Å². The first kappa shape index (κ1) is 9.14. The van der Waals surface area contributed by atoms with Gasteiger partial charge in [-0.05, 0) is 38.7 Å². The molecule has 1 aliphatic heterocycles. The fraction of sp³-hybridized carbons (Fsp3) is 0.636. The van der Waals surface area contributed by atoms with Crippen LogP contribution in [0.1, 0.15) is 33.1 Å². The van der Waals surface area contributed by atoms with Crippen LogP contribution in [0.2, 0.25) is 0 Å². The highest BCUT2D eigenvalue weighted by Crippen LogP contribution is 2.32. The van der Waals surface area contributed by atoms with Gasteiger partial charge in [-0.2, -0.15) is 0 Å². The predicted octanol–water partition coefficient (Wildman–Crippen LogP) is 2.97. The molecule has 0 fully saturated rings. The van der Waals surface area contributed by atoms with Gasteiger partial charge in [0.2, 0.25) is 0 Å². The summed E-state index contributed by atoms with van der Waals surface area (Å²) >= 11 is 6.09. The molecule has 0 spiro atoms. The molecule has 2 rings (SSSR count). The summed E-state index contributed by atoms with van der Waals surface area (Å²) in [7, 11) is 0. The zero-order chi connectivity index (χ0) is 9.47. The van der Waals surface area contributed by atoms with Gasteiger partial charge in [-0.3, -0.25) is 0 Å². The minimum atomic E-state index is 0.217. The third-order valence-electron chi connectivity index (χ3n) is 2.70. The summed E-state index contributed by atoms with van der Waals surface area (Å²) in [6, 6.07) is 0. The second kappa shape index (κ2) is 3.06. The predicted molar refractivity (Wildman–Crippen MR) is 56.9 cm³/mol. The topological polar surface area (TPSA) is 12.0 Å². The van der Waals surface area contributed by atoms with Crippen molar-refractivity contribution in [2.45, 2.75) is 44.0 Å². The molecule has 72 valence electrons. The zero-order valence-corrected chi connectivity index (χ0v) is 8.99. The Hall–Kier alpha value is -0.430. The Morgan fingerprint density at radius 1 is 1.46 bits per heavy atom. The van der Waals surface area contributed by atoms with E-state index in [9.17, 15) is 0 Å². The van der Waals surface area contributed by atoms with Crippen LogP contribution in [0.4, 0.5) is 0 Å². The molecular formula is C11H16ClN. The summed E-state index contributed by atoms with van der Waals surface area (Å²) in [6.45, 7) is 4.46. The molecule has 2 aliphatic rings. The van der Waals surface area contributed by atoms with E-state index in [2.05, 4.69) is 31.3 Å². The van der Waals surface area contributed by atoms with Crippen LogP contribution in [-0.2, 0) is 0 Å². The molecule has 1 atom stereocenters. The summed E-state index contributed by atoms with van der Waals surface area (Å²) in [5.74, 6) is 0. The first-order valence-corrected chi connectivity index (χ1v) is 5.32. The lowest BCUT2D eigenvalue weighted by Crippen LogP contribution is -2.42. The summed E-state index contributed by atoms with van der Waals surface area (Å²) in [5.41, 5.74) is 2.94. The van der Waals surface area contributed by atoms with Crippen LogP contribution < -0.4 is 5.32 Å². The van der Waals surface area contributed by atoms with Gasteiger partial charge in [0.1, 0.15) is 0 Å². The molecule has 1 aliphatic carbocycles. The highest BCUT2D eigenvalue weighted by atomic mass is 35.5. The van der Waals surface area contributed by atoms with Gasteiger partial charge in [0.15, 0.2) is 0 Å². The Kier molecular flexibility index (Phi) is 2.15. The lowest BCUT2D eigenvalue weighted by atomic mass is 9.87. The van der Waals surface area contributed by atoms with Crippen LogP contribution >= 0.6 is 11.6 Å². The van der Waals surface area contributed by atoms with E-state index in [0.29, 0.717) is 5.38 Å². The van der Waals surface area contributed by atoms with Crippen molar-refractivity contribution in [3.63, 3.8) is 0 Å². The Balaban J connectivity index is 2.23. The minimum Gasteiger partial charge on any atom is -0.380 e. The number of fused-ring (bicyclic) bond motifs is 1. The quantitative estimate of drug-likeness (QED) is 0.589. The highest BCUT2D eigenvalue weighted by molar-refractivity contribution is 6.21. The molecule has 1 N–H and O–H groups in total. The van der Waals surface area contributed by atoms with Crippen molar-refractivity contribution in [1.82, 2.24) is 5.32 Å². The molecule has 0 bridgehead atoms. The Bertz CT molecular complexity index is 276. The molecule has 0 aromatic rings. The third kappa shape index (κ3) is 1.91. The Labute approximate surface area is 84.9 Å². The number of rotatable bonds is 0. The molecule has 0 radical (unpaired) electrons. The molecular weight excluding hydrogens is 182 g/mol. The monoisotopic (exact) mass is 197 g/mol. The van der Waals surface area contributed by atoms with Gasteiger partial charge < -0.3 is 5.32 Å². The van der Waals surface area contributed by atoms with E-state index in [0.717, 1.165) is 19.3 Å². The second-order valence-corrected chi connectivity index (χ2v) is 5.21. The number of hydrogen-bond acceptors (Lipinski definition) is 1. The standard InChI is InChI=1S/C11H16ClN/c1-11(2)6-5-8-7-9(12)3-4-10(8)13-11/h4-5,9,13H,3,6-7H2,1-2H3. The van der Waals surface area contributed by atoms with Crippen LogP contribution in [0, 0.1) is 0 Å². The van der Waals surface area contributed by atoms with Gasteiger partial charge >= 0.3 is 0 Å². The smallest absolute Gasteiger partial charge is 0.0412 e. The van der Waals surface area contributed by atoms with Gasteiger partial charge in [-0.25, -0.2) is 0 Å². The van der Waals surface area contributed by atoms with Gasteiger partial charge in [-0.1, -0.05) is 12.2 Å². The van der Waals surface area contributed by atoms with Crippen molar-refractivity contribution in [2.75, 3.05) is 0 Å². The summed E-state index contributed by atoms with van der Waals surface area (Å²) in [4.78, 5) is 0. The number of nitrogens with one attached hydrogen (secondary N) is 1. The van der Waals surface area contributed by atoms with E-state index in [1.54, 1.807) is 0 Å². The van der Waals surface area contributed by atoms with E-state index >= 15 is 0 Å². The summed E-state index contributed by atoms with van der Waals surface area (Å²) in [5, 5.41) is 3.85. The number of alkyl halides is 1. The fourth-order valence-corrected chi connectivity index (χ4v) is 2.18. The van der Waals surface area contributed by atoms with Crippen LogP contribution in [0.5, 0.6) is 0 Å². The summed E-state index contributed by atoms with van der Waals surface area (Å²) in [6.07, 6.45) is 7.68. The van der Waals surface area contributed by atoms with Crippen molar-refractivity contribution >= 4 is 11.6 Å². The molecule has 1 heterocycles. The first-order valence-electron chi connectivity index (χ1n) is 4.89. The SMILES string of the molecule is CC1(C)CC=C2CC(Cl)CC=C2N1. The second-order valence-electron chi connectivity index (χ2n) is 4.60.